The lowest BCUT2D eigenvalue weighted by Crippen LogP contribution is -2.08. The molecule has 0 bridgehead atoms. The minimum absolute atomic E-state index is 0.0715. The minimum Gasteiger partial charge on any atom is -0.481 e. The SMILES string of the molecule is CCc1c(CC(=O)O)nnn1Cc1ccccc1. The summed E-state index contributed by atoms with van der Waals surface area (Å²) in [5.74, 6) is -0.878. The Morgan fingerprint density at radius 2 is 2.06 bits per heavy atom. The van der Waals surface area contributed by atoms with Crippen LogP contribution in [0.25, 0.3) is 0 Å². The Bertz CT molecular complexity index is 534. The fourth-order valence-electron chi connectivity index (χ4n) is 1.92. The number of carboxylic acids is 1. The van der Waals surface area contributed by atoms with Crippen LogP contribution in [-0.4, -0.2) is 26.1 Å². The molecule has 0 aliphatic carbocycles. The van der Waals surface area contributed by atoms with E-state index in [9.17, 15) is 4.79 Å². The van der Waals surface area contributed by atoms with Crippen molar-refractivity contribution < 1.29 is 9.90 Å². The van der Waals surface area contributed by atoms with Crippen LogP contribution in [0.1, 0.15) is 23.9 Å². The van der Waals surface area contributed by atoms with E-state index in [0.717, 1.165) is 17.7 Å². The van der Waals surface area contributed by atoms with Crippen LogP contribution in [0.3, 0.4) is 0 Å². The second-order valence-electron chi connectivity index (χ2n) is 4.05. The first-order chi connectivity index (χ1) is 8.70. The highest BCUT2D eigenvalue weighted by atomic mass is 16.4. The van der Waals surface area contributed by atoms with E-state index < -0.39 is 5.97 Å². The molecule has 0 saturated heterocycles. The summed E-state index contributed by atoms with van der Waals surface area (Å²) in [5.41, 5.74) is 2.57. The first-order valence-electron chi connectivity index (χ1n) is 5.87. The van der Waals surface area contributed by atoms with E-state index in [0.29, 0.717) is 12.2 Å². The molecule has 1 N–H and O–H groups in total. The van der Waals surface area contributed by atoms with Crippen LogP contribution in [-0.2, 0) is 24.2 Å². The predicted molar refractivity (Wildman–Crippen MR) is 66.3 cm³/mol. The zero-order chi connectivity index (χ0) is 13.0. The zero-order valence-corrected chi connectivity index (χ0v) is 10.2. The van der Waals surface area contributed by atoms with Gasteiger partial charge in [-0.1, -0.05) is 42.5 Å². The zero-order valence-electron chi connectivity index (χ0n) is 10.2. The van der Waals surface area contributed by atoms with Gasteiger partial charge in [-0.25, -0.2) is 4.68 Å². The molecule has 0 aliphatic rings. The molecule has 1 aromatic carbocycles. The predicted octanol–water partition coefficient (Wildman–Crippen LogP) is 1.52. The summed E-state index contributed by atoms with van der Waals surface area (Å²) in [6, 6.07) is 9.92. The van der Waals surface area contributed by atoms with Crippen molar-refractivity contribution in [3.8, 4) is 0 Å². The molecule has 5 nitrogen and oxygen atoms in total. The average Bonchev–Trinajstić information content (AvgIpc) is 2.72. The van der Waals surface area contributed by atoms with Gasteiger partial charge in [-0.3, -0.25) is 4.79 Å². The molecule has 0 spiro atoms. The highest BCUT2D eigenvalue weighted by Gasteiger charge is 2.14. The molecule has 0 fully saturated rings. The van der Waals surface area contributed by atoms with Gasteiger partial charge in [0, 0.05) is 0 Å². The third-order valence-electron chi connectivity index (χ3n) is 2.75. The summed E-state index contributed by atoms with van der Waals surface area (Å²) in [7, 11) is 0. The van der Waals surface area contributed by atoms with E-state index in [-0.39, 0.29) is 6.42 Å². The van der Waals surface area contributed by atoms with Crippen molar-refractivity contribution >= 4 is 5.97 Å². The molecule has 94 valence electrons. The topological polar surface area (TPSA) is 68.0 Å². The van der Waals surface area contributed by atoms with Crippen LogP contribution in [0.5, 0.6) is 0 Å². The molecule has 0 radical (unpaired) electrons. The van der Waals surface area contributed by atoms with E-state index in [4.69, 9.17) is 5.11 Å². The summed E-state index contributed by atoms with van der Waals surface area (Å²) in [5, 5.41) is 16.8. The fourth-order valence-corrected chi connectivity index (χ4v) is 1.92. The Morgan fingerprint density at radius 1 is 1.33 bits per heavy atom. The number of aliphatic carboxylic acids is 1. The van der Waals surface area contributed by atoms with Gasteiger partial charge >= 0.3 is 5.97 Å². The number of hydrogen-bond acceptors (Lipinski definition) is 3. The summed E-state index contributed by atoms with van der Waals surface area (Å²) in [4.78, 5) is 10.7. The Labute approximate surface area is 105 Å². The van der Waals surface area contributed by atoms with Crippen molar-refractivity contribution in [1.29, 1.82) is 0 Å². The van der Waals surface area contributed by atoms with Crippen LogP contribution < -0.4 is 0 Å². The second kappa shape index (κ2) is 5.44. The largest absolute Gasteiger partial charge is 0.481 e. The number of benzene rings is 1. The third kappa shape index (κ3) is 2.74. The maximum atomic E-state index is 10.7. The monoisotopic (exact) mass is 245 g/mol. The molecule has 1 heterocycles. The van der Waals surface area contributed by atoms with Crippen molar-refractivity contribution in [2.75, 3.05) is 0 Å². The molecule has 2 aromatic rings. The van der Waals surface area contributed by atoms with Crippen LogP contribution in [0.2, 0.25) is 0 Å². The number of aromatic nitrogens is 3. The normalized spacial score (nSPS) is 10.5. The van der Waals surface area contributed by atoms with Gasteiger partial charge in [-0.15, -0.1) is 5.10 Å². The maximum absolute atomic E-state index is 10.7. The van der Waals surface area contributed by atoms with E-state index >= 15 is 0 Å². The first-order valence-corrected chi connectivity index (χ1v) is 5.87. The van der Waals surface area contributed by atoms with E-state index in [1.165, 1.54) is 0 Å². The third-order valence-corrected chi connectivity index (χ3v) is 2.75. The molecule has 0 unspecified atom stereocenters. The number of rotatable bonds is 5. The van der Waals surface area contributed by atoms with E-state index in [2.05, 4.69) is 10.3 Å². The number of carboxylic acid groups (broad SMARTS) is 1. The fraction of sp³-hybridized carbons (Fsp3) is 0.308. The van der Waals surface area contributed by atoms with E-state index in [1.54, 1.807) is 4.68 Å². The van der Waals surface area contributed by atoms with Gasteiger partial charge in [-0.2, -0.15) is 0 Å². The maximum Gasteiger partial charge on any atom is 0.309 e. The number of hydrogen-bond donors (Lipinski definition) is 1. The molecule has 2 rings (SSSR count). The molecule has 0 aliphatic heterocycles. The Kier molecular flexibility index (Phi) is 3.72. The molecule has 18 heavy (non-hydrogen) atoms. The minimum atomic E-state index is -0.878. The highest BCUT2D eigenvalue weighted by Crippen LogP contribution is 2.10. The van der Waals surface area contributed by atoms with E-state index in [1.807, 2.05) is 37.3 Å². The summed E-state index contributed by atoms with van der Waals surface area (Å²) in [6.45, 7) is 2.60. The number of carbonyl (C=O) groups is 1. The Morgan fingerprint density at radius 3 is 2.67 bits per heavy atom. The van der Waals surface area contributed by atoms with Gasteiger partial charge in [0.05, 0.1) is 24.4 Å². The summed E-state index contributed by atoms with van der Waals surface area (Å²) >= 11 is 0. The quantitative estimate of drug-likeness (QED) is 0.867. The highest BCUT2D eigenvalue weighted by molar-refractivity contribution is 5.69. The standard InChI is InChI=1S/C13H15N3O2/c1-2-12-11(8-13(17)18)14-15-16(12)9-10-6-4-3-5-7-10/h3-7H,2,8-9H2,1H3,(H,17,18). The average molecular weight is 245 g/mol. The van der Waals surface area contributed by atoms with Crippen molar-refractivity contribution in [3.63, 3.8) is 0 Å². The lowest BCUT2D eigenvalue weighted by molar-refractivity contribution is -0.136. The van der Waals surface area contributed by atoms with Crippen LogP contribution in [0, 0.1) is 0 Å². The second-order valence-corrected chi connectivity index (χ2v) is 4.05. The Hall–Kier alpha value is -2.17. The summed E-state index contributed by atoms with van der Waals surface area (Å²) < 4.78 is 1.77. The van der Waals surface area contributed by atoms with Crippen LogP contribution >= 0.6 is 0 Å². The smallest absolute Gasteiger partial charge is 0.309 e. The molecular weight excluding hydrogens is 230 g/mol. The van der Waals surface area contributed by atoms with Crippen molar-refractivity contribution in [1.82, 2.24) is 15.0 Å². The molecule has 0 amide bonds. The van der Waals surface area contributed by atoms with Crippen molar-refractivity contribution in [2.24, 2.45) is 0 Å². The molecule has 0 atom stereocenters. The van der Waals surface area contributed by atoms with Gasteiger partial charge in [0.25, 0.3) is 0 Å². The molecule has 1 aromatic heterocycles. The van der Waals surface area contributed by atoms with Gasteiger partial charge in [0.1, 0.15) is 0 Å². The van der Waals surface area contributed by atoms with Gasteiger partial charge in [-0.05, 0) is 12.0 Å². The molecule has 0 saturated carbocycles. The first kappa shape index (κ1) is 12.3. The molecular formula is C13H15N3O2. The van der Waals surface area contributed by atoms with Gasteiger partial charge < -0.3 is 5.11 Å². The van der Waals surface area contributed by atoms with Gasteiger partial charge in [0.15, 0.2) is 0 Å². The van der Waals surface area contributed by atoms with Crippen molar-refractivity contribution in [3.05, 3.63) is 47.3 Å². The Balaban J connectivity index is 2.23. The molecule has 5 heteroatoms. The van der Waals surface area contributed by atoms with Crippen LogP contribution in [0.15, 0.2) is 30.3 Å². The number of nitrogens with zero attached hydrogens (tertiary/aromatic N) is 3. The lowest BCUT2D eigenvalue weighted by atomic mass is 10.2. The van der Waals surface area contributed by atoms with Crippen LogP contribution in [0.4, 0.5) is 0 Å². The lowest BCUT2D eigenvalue weighted by Gasteiger charge is -2.05. The van der Waals surface area contributed by atoms with Gasteiger partial charge in [0.2, 0.25) is 0 Å². The van der Waals surface area contributed by atoms with Crippen molar-refractivity contribution in [2.45, 2.75) is 26.3 Å². The summed E-state index contributed by atoms with van der Waals surface area (Å²) in [6.07, 6.45) is 0.653.